The van der Waals surface area contributed by atoms with E-state index in [1.807, 2.05) is 13.8 Å². The molecule has 0 spiro atoms. The molecule has 0 aromatic heterocycles. The van der Waals surface area contributed by atoms with Crippen LogP contribution in [0.2, 0.25) is 0 Å². The van der Waals surface area contributed by atoms with Crippen molar-refractivity contribution in [3.8, 4) is 0 Å². The van der Waals surface area contributed by atoms with Gasteiger partial charge in [-0.15, -0.1) is 11.6 Å². The van der Waals surface area contributed by atoms with Crippen LogP contribution in [0.4, 0.5) is 0 Å². The van der Waals surface area contributed by atoms with Crippen LogP contribution in [0.5, 0.6) is 0 Å². The monoisotopic (exact) mass is 267 g/mol. The van der Waals surface area contributed by atoms with Gasteiger partial charge in [-0.05, 0) is 25.2 Å². The van der Waals surface area contributed by atoms with Crippen LogP contribution >= 0.6 is 11.6 Å². The minimum atomic E-state index is -3.14. The minimum absolute atomic E-state index is 0.0249. The predicted molar refractivity (Wildman–Crippen MR) is 68.3 cm³/mol. The first-order valence-electron chi connectivity index (χ1n) is 6.04. The SMILES string of the molecule is CC(C)C(CCCl)NS(=O)(=O)C1CCCC1. The molecule has 96 valence electrons. The molecular weight excluding hydrogens is 246 g/mol. The molecule has 0 aromatic rings. The Balaban J connectivity index is 2.61. The molecule has 0 radical (unpaired) electrons. The summed E-state index contributed by atoms with van der Waals surface area (Å²) in [7, 11) is -3.14. The molecule has 1 fully saturated rings. The number of nitrogens with one attached hydrogen (secondary N) is 1. The molecule has 1 aliphatic carbocycles. The minimum Gasteiger partial charge on any atom is -0.212 e. The van der Waals surface area contributed by atoms with Crippen LogP contribution in [-0.2, 0) is 10.0 Å². The van der Waals surface area contributed by atoms with Crippen molar-refractivity contribution in [3.63, 3.8) is 0 Å². The van der Waals surface area contributed by atoms with E-state index in [0.29, 0.717) is 12.3 Å². The first kappa shape index (κ1) is 14.3. The lowest BCUT2D eigenvalue weighted by atomic mass is 10.0. The second-order valence-electron chi connectivity index (χ2n) is 4.90. The Labute approximate surface area is 104 Å². The van der Waals surface area contributed by atoms with Gasteiger partial charge in [0.25, 0.3) is 0 Å². The van der Waals surface area contributed by atoms with E-state index in [1.165, 1.54) is 0 Å². The van der Waals surface area contributed by atoms with E-state index in [0.717, 1.165) is 25.7 Å². The number of halogens is 1. The third kappa shape index (κ3) is 3.90. The molecule has 1 rings (SSSR count). The highest BCUT2D eigenvalue weighted by Gasteiger charge is 2.31. The zero-order valence-corrected chi connectivity index (χ0v) is 11.6. The van der Waals surface area contributed by atoms with Crippen molar-refractivity contribution in [2.45, 2.75) is 57.2 Å². The summed E-state index contributed by atoms with van der Waals surface area (Å²) in [5.74, 6) is 0.783. The summed E-state index contributed by atoms with van der Waals surface area (Å²) < 4.78 is 27.0. The number of alkyl halides is 1. The maximum Gasteiger partial charge on any atom is 0.214 e. The Morgan fingerprint density at radius 2 is 1.88 bits per heavy atom. The van der Waals surface area contributed by atoms with Gasteiger partial charge in [-0.1, -0.05) is 26.7 Å². The summed E-state index contributed by atoms with van der Waals surface area (Å²) in [5, 5.41) is -0.177. The topological polar surface area (TPSA) is 46.2 Å². The van der Waals surface area contributed by atoms with E-state index in [9.17, 15) is 8.42 Å². The average molecular weight is 268 g/mol. The molecular formula is C11H22ClNO2S. The lowest BCUT2D eigenvalue weighted by Gasteiger charge is -2.23. The molecule has 1 N–H and O–H groups in total. The van der Waals surface area contributed by atoms with E-state index in [-0.39, 0.29) is 17.2 Å². The number of rotatable bonds is 6. The fourth-order valence-corrected chi connectivity index (χ4v) is 4.35. The van der Waals surface area contributed by atoms with Crippen molar-refractivity contribution >= 4 is 21.6 Å². The normalized spacial score (nSPS) is 20.5. The second kappa shape index (κ2) is 6.22. The summed E-state index contributed by atoms with van der Waals surface area (Å²) in [6.45, 7) is 4.04. The van der Waals surface area contributed by atoms with E-state index < -0.39 is 10.0 Å². The molecule has 0 aromatic carbocycles. The molecule has 1 saturated carbocycles. The first-order chi connectivity index (χ1) is 7.47. The summed E-state index contributed by atoms with van der Waals surface area (Å²) in [6.07, 6.45) is 4.38. The first-order valence-corrected chi connectivity index (χ1v) is 8.12. The molecule has 1 unspecified atom stereocenters. The quantitative estimate of drug-likeness (QED) is 0.752. The Bertz CT molecular complexity index is 297. The molecule has 0 amide bonds. The van der Waals surface area contributed by atoms with Crippen molar-refractivity contribution < 1.29 is 8.42 Å². The summed E-state index contributed by atoms with van der Waals surface area (Å²) in [5.41, 5.74) is 0. The maximum atomic E-state index is 12.1. The number of hydrogen-bond donors (Lipinski definition) is 1. The molecule has 0 saturated heterocycles. The van der Waals surface area contributed by atoms with E-state index in [2.05, 4.69) is 4.72 Å². The van der Waals surface area contributed by atoms with Crippen molar-refractivity contribution in [2.75, 3.05) is 5.88 Å². The number of sulfonamides is 1. The lowest BCUT2D eigenvalue weighted by Crippen LogP contribution is -2.43. The third-order valence-electron chi connectivity index (χ3n) is 3.28. The van der Waals surface area contributed by atoms with Gasteiger partial charge in [0.1, 0.15) is 0 Å². The predicted octanol–water partition coefficient (Wildman–Crippen LogP) is 2.50. The highest BCUT2D eigenvalue weighted by molar-refractivity contribution is 7.90. The van der Waals surface area contributed by atoms with Crippen LogP contribution in [0.25, 0.3) is 0 Å². The standard InChI is InChI=1S/C11H22ClNO2S/c1-9(2)11(7-8-12)13-16(14,15)10-5-3-4-6-10/h9-11,13H,3-8H2,1-2H3. The number of hydrogen-bond acceptors (Lipinski definition) is 2. The van der Waals surface area contributed by atoms with Crippen LogP contribution in [0.3, 0.4) is 0 Å². The van der Waals surface area contributed by atoms with Crippen LogP contribution in [-0.4, -0.2) is 25.6 Å². The zero-order chi connectivity index (χ0) is 12.2. The Kier molecular flexibility index (Phi) is 5.54. The van der Waals surface area contributed by atoms with Crippen molar-refractivity contribution in [1.82, 2.24) is 4.72 Å². The van der Waals surface area contributed by atoms with Crippen molar-refractivity contribution in [1.29, 1.82) is 0 Å². The van der Waals surface area contributed by atoms with Crippen LogP contribution in [0, 0.1) is 5.92 Å². The highest BCUT2D eigenvalue weighted by atomic mass is 35.5. The third-order valence-corrected chi connectivity index (χ3v) is 5.48. The van der Waals surface area contributed by atoms with Gasteiger partial charge >= 0.3 is 0 Å². The van der Waals surface area contributed by atoms with Gasteiger partial charge in [-0.2, -0.15) is 0 Å². The van der Waals surface area contributed by atoms with Gasteiger partial charge in [0.15, 0.2) is 0 Å². The van der Waals surface area contributed by atoms with Gasteiger partial charge in [-0.3, -0.25) is 0 Å². The van der Waals surface area contributed by atoms with Gasteiger partial charge in [0, 0.05) is 11.9 Å². The molecule has 0 aliphatic heterocycles. The Morgan fingerprint density at radius 1 is 1.31 bits per heavy atom. The van der Waals surface area contributed by atoms with Crippen molar-refractivity contribution in [3.05, 3.63) is 0 Å². The maximum absolute atomic E-state index is 12.1. The molecule has 5 heteroatoms. The van der Waals surface area contributed by atoms with E-state index in [1.54, 1.807) is 0 Å². The van der Waals surface area contributed by atoms with E-state index >= 15 is 0 Å². The fourth-order valence-electron chi connectivity index (χ4n) is 2.15. The molecule has 0 bridgehead atoms. The van der Waals surface area contributed by atoms with Gasteiger partial charge in [0.05, 0.1) is 5.25 Å². The Hall–Kier alpha value is 0.200. The smallest absolute Gasteiger partial charge is 0.212 e. The van der Waals surface area contributed by atoms with Gasteiger partial charge < -0.3 is 0 Å². The Morgan fingerprint density at radius 3 is 2.31 bits per heavy atom. The lowest BCUT2D eigenvalue weighted by molar-refractivity contribution is 0.435. The van der Waals surface area contributed by atoms with Crippen LogP contribution in [0.15, 0.2) is 0 Å². The van der Waals surface area contributed by atoms with E-state index in [4.69, 9.17) is 11.6 Å². The zero-order valence-electron chi connectivity index (χ0n) is 10.1. The molecule has 0 heterocycles. The summed E-state index contributed by atoms with van der Waals surface area (Å²) >= 11 is 5.69. The van der Waals surface area contributed by atoms with Crippen molar-refractivity contribution in [2.24, 2.45) is 5.92 Å². The molecule has 16 heavy (non-hydrogen) atoms. The molecule has 1 aliphatic rings. The summed E-state index contributed by atoms with van der Waals surface area (Å²) in [6, 6.07) is -0.0249. The van der Waals surface area contributed by atoms with Crippen LogP contribution in [0.1, 0.15) is 46.0 Å². The largest absolute Gasteiger partial charge is 0.214 e. The average Bonchev–Trinajstić information content (AvgIpc) is 2.69. The highest BCUT2D eigenvalue weighted by Crippen LogP contribution is 2.25. The molecule has 1 atom stereocenters. The van der Waals surface area contributed by atoms with Crippen LogP contribution < -0.4 is 4.72 Å². The second-order valence-corrected chi connectivity index (χ2v) is 7.27. The van der Waals surface area contributed by atoms with Gasteiger partial charge in [0.2, 0.25) is 10.0 Å². The fraction of sp³-hybridized carbons (Fsp3) is 1.00. The van der Waals surface area contributed by atoms with Gasteiger partial charge in [-0.25, -0.2) is 13.1 Å². The summed E-state index contributed by atoms with van der Waals surface area (Å²) in [4.78, 5) is 0. The molecule has 3 nitrogen and oxygen atoms in total.